The smallest absolute Gasteiger partial charge is 0.306 e. The van der Waals surface area contributed by atoms with Crippen LogP contribution < -0.4 is 0 Å². The van der Waals surface area contributed by atoms with Gasteiger partial charge in [-0.2, -0.15) is 0 Å². The largest absolute Gasteiger partial charge is 0.481 e. The first-order valence-electron chi connectivity index (χ1n) is 5.93. The Morgan fingerprint density at radius 3 is 2.73 bits per heavy atom. The van der Waals surface area contributed by atoms with Gasteiger partial charge in [0.2, 0.25) is 0 Å². The molecule has 3 rings (SSSR count). The maximum Gasteiger partial charge on any atom is 0.306 e. The van der Waals surface area contributed by atoms with Gasteiger partial charge in [0.25, 0.3) is 0 Å². The molecule has 3 heteroatoms. The normalized spacial score (nSPS) is 48.0. The van der Waals surface area contributed by atoms with E-state index in [1.165, 1.54) is 0 Å². The number of carboxylic acid groups (broad SMARTS) is 1. The minimum Gasteiger partial charge on any atom is -0.481 e. The van der Waals surface area contributed by atoms with Crippen LogP contribution in [0.4, 0.5) is 0 Å². The zero-order valence-corrected chi connectivity index (χ0v) is 8.69. The van der Waals surface area contributed by atoms with E-state index in [9.17, 15) is 14.7 Å². The lowest BCUT2D eigenvalue weighted by molar-refractivity contribution is -0.157. The van der Waals surface area contributed by atoms with Crippen molar-refractivity contribution in [1.82, 2.24) is 0 Å². The fourth-order valence-corrected chi connectivity index (χ4v) is 4.10. The molecule has 0 aromatic carbocycles. The summed E-state index contributed by atoms with van der Waals surface area (Å²) in [5.74, 6) is 0.505. The SMILES string of the molecule is O=C(O)C1CC2CC3CCC1C(C3)C2=O. The topological polar surface area (TPSA) is 54.4 Å². The van der Waals surface area contributed by atoms with E-state index >= 15 is 0 Å². The Hall–Kier alpha value is -0.860. The first-order valence-corrected chi connectivity index (χ1v) is 5.93. The Kier molecular flexibility index (Phi) is 1.91. The van der Waals surface area contributed by atoms with E-state index in [1.807, 2.05) is 0 Å². The van der Waals surface area contributed by atoms with Crippen LogP contribution in [0, 0.1) is 29.6 Å². The number of fused-ring (bicyclic) bond motifs is 2. The molecule has 0 aromatic rings. The fraction of sp³-hybridized carbons (Fsp3) is 0.833. The van der Waals surface area contributed by atoms with Crippen LogP contribution in [0.3, 0.4) is 0 Å². The number of rotatable bonds is 1. The molecule has 5 atom stereocenters. The van der Waals surface area contributed by atoms with Crippen molar-refractivity contribution in [2.75, 3.05) is 0 Å². The molecule has 0 amide bonds. The maximum atomic E-state index is 12.0. The van der Waals surface area contributed by atoms with Crippen molar-refractivity contribution >= 4 is 11.8 Å². The summed E-state index contributed by atoms with van der Waals surface area (Å²) >= 11 is 0. The van der Waals surface area contributed by atoms with Gasteiger partial charge in [0.05, 0.1) is 5.92 Å². The Balaban J connectivity index is 1.95. The molecule has 3 bridgehead atoms. The minimum absolute atomic E-state index is 0.0754. The van der Waals surface area contributed by atoms with Crippen LogP contribution in [0.5, 0.6) is 0 Å². The zero-order chi connectivity index (χ0) is 10.6. The molecule has 1 N–H and O–H groups in total. The zero-order valence-electron chi connectivity index (χ0n) is 8.69. The molecule has 5 unspecified atom stereocenters. The van der Waals surface area contributed by atoms with Crippen LogP contribution in [-0.4, -0.2) is 16.9 Å². The summed E-state index contributed by atoms with van der Waals surface area (Å²) in [6.07, 6.45) is 4.67. The summed E-state index contributed by atoms with van der Waals surface area (Å²) in [6, 6.07) is 0. The van der Waals surface area contributed by atoms with Crippen LogP contribution in [-0.2, 0) is 9.59 Å². The molecule has 3 nitrogen and oxygen atoms in total. The molecular weight excluding hydrogens is 192 g/mol. The highest BCUT2D eigenvalue weighted by atomic mass is 16.4. The predicted molar refractivity (Wildman–Crippen MR) is 53.2 cm³/mol. The fourth-order valence-electron chi connectivity index (χ4n) is 4.10. The standard InChI is InChI=1S/C12H16O3/c13-11-7-3-6-1-2-8(9(11)4-6)10(5-7)12(14)15/h6-10H,1-5H2,(H,14,15). The molecule has 0 saturated heterocycles. The van der Waals surface area contributed by atoms with Crippen molar-refractivity contribution in [2.24, 2.45) is 29.6 Å². The molecule has 3 aliphatic rings. The Morgan fingerprint density at radius 2 is 2.00 bits per heavy atom. The summed E-state index contributed by atoms with van der Waals surface area (Å²) in [4.78, 5) is 23.1. The summed E-state index contributed by atoms with van der Waals surface area (Å²) in [6.45, 7) is 0. The van der Waals surface area contributed by atoms with E-state index in [1.54, 1.807) is 0 Å². The van der Waals surface area contributed by atoms with Crippen molar-refractivity contribution in [3.05, 3.63) is 0 Å². The molecule has 3 saturated carbocycles. The Bertz CT molecular complexity index is 319. The summed E-state index contributed by atoms with van der Waals surface area (Å²) in [5, 5.41) is 9.19. The molecular formula is C12H16O3. The minimum atomic E-state index is -0.678. The lowest BCUT2D eigenvalue weighted by Gasteiger charge is -2.49. The number of hydrogen-bond acceptors (Lipinski definition) is 2. The van der Waals surface area contributed by atoms with Crippen LogP contribution in [0.2, 0.25) is 0 Å². The summed E-state index contributed by atoms with van der Waals surface area (Å²) < 4.78 is 0. The number of carbonyl (C=O) groups excluding carboxylic acids is 1. The average Bonchev–Trinajstić information content (AvgIpc) is 2.16. The quantitative estimate of drug-likeness (QED) is 0.713. The molecule has 3 fully saturated rings. The lowest BCUT2D eigenvalue weighted by atomic mass is 9.53. The van der Waals surface area contributed by atoms with Crippen molar-refractivity contribution in [3.8, 4) is 0 Å². The number of Topliss-reactive ketones (excluding diaryl/α,β-unsaturated/α-hetero) is 1. The number of ketones is 1. The lowest BCUT2D eigenvalue weighted by Crippen LogP contribution is -2.50. The molecule has 3 aliphatic carbocycles. The molecule has 82 valence electrons. The van der Waals surface area contributed by atoms with Gasteiger partial charge in [0.1, 0.15) is 5.78 Å². The number of carbonyl (C=O) groups is 2. The monoisotopic (exact) mass is 208 g/mol. The van der Waals surface area contributed by atoms with Gasteiger partial charge in [-0.05, 0) is 37.5 Å². The van der Waals surface area contributed by atoms with Crippen LogP contribution in [0.1, 0.15) is 32.1 Å². The van der Waals surface area contributed by atoms with E-state index in [2.05, 4.69) is 0 Å². The second-order valence-corrected chi connectivity index (χ2v) is 5.46. The van der Waals surface area contributed by atoms with Crippen LogP contribution in [0.25, 0.3) is 0 Å². The van der Waals surface area contributed by atoms with Gasteiger partial charge in [-0.1, -0.05) is 6.42 Å². The highest BCUT2D eigenvalue weighted by molar-refractivity contribution is 5.87. The van der Waals surface area contributed by atoms with E-state index in [4.69, 9.17) is 0 Å². The van der Waals surface area contributed by atoms with Crippen molar-refractivity contribution in [2.45, 2.75) is 32.1 Å². The van der Waals surface area contributed by atoms with Crippen LogP contribution in [0.15, 0.2) is 0 Å². The first kappa shape index (κ1) is 9.37. The van der Waals surface area contributed by atoms with Gasteiger partial charge in [-0.25, -0.2) is 0 Å². The van der Waals surface area contributed by atoms with Gasteiger partial charge < -0.3 is 5.11 Å². The van der Waals surface area contributed by atoms with E-state index in [-0.39, 0.29) is 23.7 Å². The third kappa shape index (κ3) is 1.25. The maximum absolute atomic E-state index is 12.0. The highest BCUT2D eigenvalue weighted by Gasteiger charge is 2.52. The van der Waals surface area contributed by atoms with Crippen molar-refractivity contribution < 1.29 is 14.7 Å². The van der Waals surface area contributed by atoms with Gasteiger partial charge in [0.15, 0.2) is 0 Å². The first-order chi connectivity index (χ1) is 7.16. The second-order valence-electron chi connectivity index (χ2n) is 5.46. The van der Waals surface area contributed by atoms with E-state index in [0.29, 0.717) is 18.1 Å². The van der Waals surface area contributed by atoms with E-state index < -0.39 is 5.97 Å². The van der Waals surface area contributed by atoms with Gasteiger partial charge in [0, 0.05) is 11.8 Å². The molecule has 0 aliphatic heterocycles. The molecule has 0 aromatic heterocycles. The van der Waals surface area contributed by atoms with Crippen molar-refractivity contribution in [3.63, 3.8) is 0 Å². The van der Waals surface area contributed by atoms with Crippen molar-refractivity contribution in [1.29, 1.82) is 0 Å². The predicted octanol–water partition coefficient (Wildman–Crippen LogP) is 1.71. The molecule has 0 radical (unpaired) electrons. The second kappa shape index (κ2) is 3.06. The molecule has 0 spiro atoms. The third-order valence-electron chi connectivity index (χ3n) is 4.77. The van der Waals surface area contributed by atoms with Gasteiger partial charge >= 0.3 is 5.97 Å². The van der Waals surface area contributed by atoms with E-state index in [0.717, 1.165) is 25.7 Å². The number of aliphatic carboxylic acids is 1. The number of carboxylic acids is 1. The van der Waals surface area contributed by atoms with Crippen LogP contribution >= 0.6 is 0 Å². The van der Waals surface area contributed by atoms with Gasteiger partial charge in [-0.3, -0.25) is 9.59 Å². The average molecular weight is 208 g/mol. The Labute approximate surface area is 88.9 Å². The summed E-state index contributed by atoms with van der Waals surface area (Å²) in [7, 11) is 0. The third-order valence-corrected chi connectivity index (χ3v) is 4.77. The Morgan fingerprint density at radius 1 is 1.20 bits per heavy atom. The molecule has 0 heterocycles. The number of hydrogen-bond donors (Lipinski definition) is 1. The molecule has 15 heavy (non-hydrogen) atoms. The highest BCUT2D eigenvalue weighted by Crippen LogP contribution is 2.52. The van der Waals surface area contributed by atoms with Gasteiger partial charge in [-0.15, -0.1) is 0 Å². The summed E-state index contributed by atoms with van der Waals surface area (Å²) in [5.41, 5.74) is 0.